The molecule has 0 N–H and O–H groups in total. The minimum Gasteiger partial charge on any atom is -0.399 e. The molecule has 1 saturated heterocycles. The molecule has 0 spiro atoms. The van der Waals surface area contributed by atoms with Crippen molar-refractivity contribution in [2.45, 2.75) is 38.9 Å². The van der Waals surface area contributed by atoms with Crippen molar-refractivity contribution < 1.29 is 44.9 Å². The van der Waals surface area contributed by atoms with E-state index in [0.717, 1.165) is 16.2 Å². The molecule has 2 nitrogen and oxygen atoms in total. The van der Waals surface area contributed by atoms with Crippen LogP contribution in [0.5, 0.6) is 0 Å². The summed E-state index contributed by atoms with van der Waals surface area (Å²) in [6, 6.07) is 21.9. The number of hydrogen-bond acceptors (Lipinski definition) is 2. The lowest BCUT2D eigenvalue weighted by atomic mass is 9.78. The fourth-order valence-electron chi connectivity index (χ4n) is 10.1. The van der Waals surface area contributed by atoms with Crippen molar-refractivity contribution in [3.63, 3.8) is 0 Å². The van der Waals surface area contributed by atoms with Crippen LogP contribution in [0.25, 0.3) is 120 Å². The van der Waals surface area contributed by atoms with Gasteiger partial charge in [-0.25, -0.2) is 0 Å². The summed E-state index contributed by atoms with van der Waals surface area (Å²) in [5.41, 5.74) is 0.824. The fourth-order valence-corrected chi connectivity index (χ4v) is 10.7. The van der Waals surface area contributed by atoms with Crippen molar-refractivity contribution in [3.8, 4) is 33.4 Å². The minimum atomic E-state index is -0.586. The molecule has 14 aromatic carbocycles. The van der Waals surface area contributed by atoms with Gasteiger partial charge >= 0.3 is 7.12 Å². The van der Waals surface area contributed by atoms with Crippen molar-refractivity contribution in [2.24, 2.45) is 0 Å². The first kappa shape index (κ1) is 28.3. The van der Waals surface area contributed by atoms with E-state index in [9.17, 15) is 0 Å². The molecule has 0 atom stereocenters. The zero-order chi connectivity index (χ0) is 75.6. The second kappa shape index (κ2) is 20.2. The van der Waals surface area contributed by atoms with Gasteiger partial charge in [-0.05, 0) is 175 Å². The molecule has 0 aromatic heterocycles. The van der Waals surface area contributed by atoms with Gasteiger partial charge in [-0.15, -0.1) is 0 Å². The molecule has 0 radical (unpaired) electrons. The van der Waals surface area contributed by atoms with Gasteiger partial charge in [-0.2, -0.15) is 0 Å². The summed E-state index contributed by atoms with van der Waals surface area (Å²) in [5.74, 6) is 0. The molecule has 1 aliphatic heterocycles. The molecular formula is C74H56BBrO2. The molecule has 0 amide bonds. The first-order chi connectivity index (χ1) is 48.9. The van der Waals surface area contributed by atoms with Gasteiger partial charge in [0.15, 0.2) is 0 Å². The largest absolute Gasteiger partial charge is 0.494 e. The van der Waals surface area contributed by atoms with Crippen molar-refractivity contribution in [1.82, 2.24) is 0 Å². The number of rotatable bonds is 4. The molecule has 0 unspecified atom stereocenters. The normalized spacial score (nSPS) is 18.4. The van der Waals surface area contributed by atoms with Gasteiger partial charge in [0, 0.05) is 4.47 Å². The first-order valence-electron chi connectivity index (χ1n) is 37.8. The van der Waals surface area contributed by atoms with Gasteiger partial charge in [0.25, 0.3) is 0 Å². The van der Waals surface area contributed by atoms with Crippen LogP contribution in [-0.2, 0) is 9.31 Å². The number of fused-ring (bicyclic) bond motifs is 10. The highest BCUT2D eigenvalue weighted by Gasteiger charge is 2.51. The van der Waals surface area contributed by atoms with E-state index in [4.69, 9.17) is 44.9 Å². The van der Waals surface area contributed by atoms with Crippen LogP contribution in [0.15, 0.2) is 271 Å². The van der Waals surface area contributed by atoms with Crippen LogP contribution in [0, 0.1) is 0 Å². The average Bonchev–Trinajstić information content (AvgIpc) is 0.809. The summed E-state index contributed by atoms with van der Waals surface area (Å²) in [4.78, 5) is 0. The Bertz CT molecular complexity index is 6110. The average molecular weight is 1090 g/mol. The molecule has 1 heterocycles. The summed E-state index contributed by atoms with van der Waals surface area (Å²) < 4.78 is 230. The molecule has 15 rings (SSSR count). The monoisotopic (exact) mass is 1090 g/mol. The minimum absolute atomic E-state index is 0.0110. The smallest absolute Gasteiger partial charge is 0.399 e. The van der Waals surface area contributed by atoms with E-state index >= 15 is 0 Å². The Balaban J connectivity index is 0.000000146. The number of halogens is 1. The van der Waals surface area contributed by atoms with Gasteiger partial charge in [-0.1, -0.05) is 260 Å². The van der Waals surface area contributed by atoms with E-state index in [1.54, 1.807) is 84.9 Å². The lowest BCUT2D eigenvalue weighted by Crippen LogP contribution is -2.41. The van der Waals surface area contributed by atoms with E-state index in [-0.39, 0.29) is 110 Å². The lowest BCUT2D eigenvalue weighted by Gasteiger charge is -2.32. The van der Waals surface area contributed by atoms with Crippen LogP contribution in [0.4, 0.5) is 0 Å². The number of benzene rings is 14. The topological polar surface area (TPSA) is 18.5 Å². The van der Waals surface area contributed by atoms with E-state index in [0.29, 0.717) is 69.5 Å². The third kappa shape index (κ3) is 8.81. The molecule has 0 aliphatic carbocycles. The highest BCUT2D eigenvalue weighted by Crippen LogP contribution is 2.45. The Hall–Kier alpha value is -8.38. The van der Waals surface area contributed by atoms with Gasteiger partial charge in [-0.3, -0.25) is 0 Å². The van der Waals surface area contributed by atoms with Gasteiger partial charge in [0.05, 0.1) is 46.8 Å². The maximum absolute atomic E-state index is 9.10. The summed E-state index contributed by atoms with van der Waals surface area (Å²) in [6.45, 7) is 8.00. The summed E-state index contributed by atoms with van der Waals surface area (Å²) >= 11 is 3.46. The van der Waals surface area contributed by atoms with E-state index in [1.165, 1.54) is 0 Å². The first-order valence-corrected chi connectivity index (χ1v) is 25.6. The number of hydrogen-bond donors (Lipinski definition) is 0. The van der Waals surface area contributed by atoms with Crippen LogP contribution in [0.3, 0.4) is 0 Å². The molecule has 1 aliphatic rings. The standard InChI is InChI=1S/C34H22.C20H21BO2.C20H13Br/c1-2-11-25(12-3-1)33-28-14-6-8-16-30(28)34(31-17-9-7-15-29(31)33)26-21-20-24-19-18-23-10-4-5-13-27(23)32(24)22-26;1-19(2)20(3,4)23-21(22-19)16-12-11-15-10-9-14-7-5-6-8-17(14)18(15)13-16;21-20-17-12-6-4-10-15(17)19(14-8-2-1-3-9-14)16-11-5-7-13-18(16)20/h1-22H;5-13H,1-4H3;1-13H/i1D,2D,3D,4D,5D,6D,8D,10D,11D,12D,13D,14D,16D;5D,6D,7D,8D;1D,2D,3D,4D,6D,8D,9D,10D,12D. The zero-order valence-electron chi connectivity index (χ0n) is 68.2. The van der Waals surface area contributed by atoms with Crippen LogP contribution in [0.2, 0.25) is 0 Å². The Morgan fingerprint density at radius 1 is 0.321 bits per heavy atom. The van der Waals surface area contributed by atoms with Gasteiger partial charge in [0.2, 0.25) is 0 Å². The third-order valence-corrected chi connectivity index (χ3v) is 15.3. The van der Waals surface area contributed by atoms with Crippen LogP contribution in [0.1, 0.15) is 63.3 Å². The molecular weight excluding hydrogens is 1010 g/mol. The lowest BCUT2D eigenvalue weighted by molar-refractivity contribution is 0.00578. The van der Waals surface area contributed by atoms with E-state index in [1.807, 2.05) is 52.0 Å². The Labute approximate surface area is 501 Å². The third-order valence-electron chi connectivity index (χ3n) is 14.5. The van der Waals surface area contributed by atoms with Crippen LogP contribution in [-0.4, -0.2) is 18.3 Å². The molecule has 4 heteroatoms. The predicted octanol–water partition coefficient (Wildman–Crippen LogP) is 20.3. The molecule has 78 heavy (non-hydrogen) atoms. The van der Waals surface area contributed by atoms with E-state index in [2.05, 4.69) is 15.9 Å². The molecule has 1 fully saturated rings. The van der Waals surface area contributed by atoms with Crippen molar-refractivity contribution >= 4 is 115 Å². The predicted molar refractivity (Wildman–Crippen MR) is 339 cm³/mol. The molecule has 0 saturated carbocycles. The summed E-state index contributed by atoms with van der Waals surface area (Å²) in [6.07, 6.45) is 0. The fraction of sp³-hybridized carbons (Fsp3) is 0.0811. The molecule has 0 bridgehead atoms. The van der Waals surface area contributed by atoms with Crippen molar-refractivity contribution in [1.29, 1.82) is 0 Å². The SMILES string of the molecule is [2H]c1c([2H])c([2H])c(-c2c3ccccc3c(-c3ccc4ccc5c([2H])c([2H])c([2H])c([2H])c5c4c3)c3c([2H])c([2H])c([2H])c([2H])c23)c([2H])c1[2H].[2H]c1c([2H])c([2H])c(-c2c3ccccc3c(Br)c3c([2H])c([2H])c([2H])c([2H])c23)c([2H])c1[2H].[2H]c1c([2H])c([2H])c2c(ccc3ccc(B4OC(C)(C)C(C)(C)O4)cc32)c1[2H]. The Morgan fingerprint density at radius 3 is 1.19 bits per heavy atom. The maximum atomic E-state index is 9.10. The van der Waals surface area contributed by atoms with Gasteiger partial charge < -0.3 is 9.31 Å². The second-order valence-electron chi connectivity index (χ2n) is 19.5. The zero-order valence-corrected chi connectivity index (χ0v) is 43.8. The maximum Gasteiger partial charge on any atom is 0.494 e. The highest BCUT2D eigenvalue weighted by molar-refractivity contribution is 9.10. The van der Waals surface area contributed by atoms with Crippen LogP contribution >= 0.6 is 15.9 Å². The molecule has 374 valence electrons. The van der Waals surface area contributed by atoms with Crippen molar-refractivity contribution in [3.05, 3.63) is 271 Å². The molecule has 14 aromatic rings. The highest BCUT2D eigenvalue weighted by atomic mass is 79.9. The van der Waals surface area contributed by atoms with E-state index < -0.39 is 109 Å². The Kier molecular flexibility index (Phi) is 7.33. The van der Waals surface area contributed by atoms with Gasteiger partial charge in [0.1, 0.15) is 0 Å². The second-order valence-corrected chi connectivity index (χ2v) is 20.3. The summed E-state index contributed by atoms with van der Waals surface area (Å²) in [5, 5.41) is 6.94. The van der Waals surface area contributed by atoms with Crippen LogP contribution < -0.4 is 5.46 Å². The van der Waals surface area contributed by atoms with Crippen molar-refractivity contribution in [2.75, 3.05) is 0 Å². The summed E-state index contributed by atoms with van der Waals surface area (Å²) in [7, 11) is -0.523. The Morgan fingerprint density at radius 2 is 0.679 bits per heavy atom. The quantitative estimate of drug-likeness (QED) is 0.0993.